The van der Waals surface area contributed by atoms with Crippen molar-refractivity contribution in [2.45, 2.75) is 39.7 Å². The van der Waals surface area contributed by atoms with Gasteiger partial charge in [-0.1, -0.05) is 20.8 Å². The Balaban J connectivity index is 2.67. The van der Waals surface area contributed by atoms with Crippen molar-refractivity contribution in [3.8, 4) is 0 Å². The van der Waals surface area contributed by atoms with Crippen molar-refractivity contribution in [1.82, 2.24) is 19.5 Å². The first-order chi connectivity index (χ1) is 7.63. The molecule has 0 fully saturated rings. The van der Waals surface area contributed by atoms with E-state index in [9.17, 15) is 0 Å². The van der Waals surface area contributed by atoms with Crippen molar-refractivity contribution in [3.63, 3.8) is 0 Å². The quantitative estimate of drug-likeness (QED) is 0.833. The minimum Gasteiger partial charge on any atom is -0.339 e. The lowest BCUT2D eigenvalue weighted by atomic mass is 10.2. The maximum Gasteiger partial charge on any atom is 0.201 e. The minimum atomic E-state index is 0.385. The first-order valence-electron chi connectivity index (χ1n) is 5.59. The normalized spacial score (nSPS) is 11.5. The van der Waals surface area contributed by atoms with Crippen LogP contribution in [0.15, 0.2) is 6.20 Å². The Morgan fingerprint density at radius 1 is 1.50 bits per heavy atom. The smallest absolute Gasteiger partial charge is 0.201 e. The number of nitrogens with zero attached hydrogens (tertiary/aromatic N) is 3. The van der Waals surface area contributed by atoms with Gasteiger partial charge in [0.15, 0.2) is 5.65 Å². The molecule has 0 amide bonds. The number of H-pyrrole nitrogens is 1. The topological polar surface area (TPSA) is 46.5 Å². The molecule has 0 spiro atoms. The second kappa shape index (κ2) is 4.33. The molecule has 0 aliphatic heterocycles. The summed E-state index contributed by atoms with van der Waals surface area (Å²) < 4.78 is 2.60. The van der Waals surface area contributed by atoms with Crippen molar-refractivity contribution in [2.75, 3.05) is 0 Å². The predicted octanol–water partition coefficient (Wildman–Crippen LogP) is 3.02. The third-order valence-corrected chi connectivity index (χ3v) is 2.84. The highest BCUT2D eigenvalue weighted by molar-refractivity contribution is 7.71. The summed E-state index contributed by atoms with van der Waals surface area (Å²) in [4.78, 5) is 12.1. The van der Waals surface area contributed by atoms with Crippen LogP contribution in [0.5, 0.6) is 0 Å². The zero-order valence-electron chi connectivity index (χ0n) is 9.82. The highest BCUT2D eigenvalue weighted by Crippen LogP contribution is 2.16. The van der Waals surface area contributed by atoms with Crippen LogP contribution in [-0.4, -0.2) is 19.5 Å². The Hall–Kier alpha value is -1.23. The minimum absolute atomic E-state index is 0.385. The number of hydrogen-bond acceptors (Lipinski definition) is 3. The van der Waals surface area contributed by atoms with Crippen LogP contribution >= 0.6 is 12.2 Å². The molecule has 0 unspecified atom stereocenters. The largest absolute Gasteiger partial charge is 0.339 e. The third kappa shape index (κ3) is 1.87. The zero-order chi connectivity index (χ0) is 11.7. The summed E-state index contributed by atoms with van der Waals surface area (Å²) in [6.45, 7) is 7.22. The number of aryl methyl sites for hydroxylation is 1. The van der Waals surface area contributed by atoms with Gasteiger partial charge in [0.05, 0.1) is 6.20 Å². The van der Waals surface area contributed by atoms with Gasteiger partial charge >= 0.3 is 0 Å². The average molecular weight is 236 g/mol. The number of nitrogens with one attached hydrogen (secondary N) is 1. The van der Waals surface area contributed by atoms with E-state index < -0.39 is 0 Å². The van der Waals surface area contributed by atoms with Crippen molar-refractivity contribution in [2.24, 2.45) is 0 Å². The maximum absolute atomic E-state index is 5.22. The highest BCUT2D eigenvalue weighted by Gasteiger charge is 2.09. The Morgan fingerprint density at radius 3 is 2.88 bits per heavy atom. The summed E-state index contributed by atoms with van der Waals surface area (Å²) in [6, 6.07) is 0. The van der Waals surface area contributed by atoms with E-state index in [1.54, 1.807) is 6.20 Å². The van der Waals surface area contributed by atoms with Crippen LogP contribution in [0, 0.1) is 4.77 Å². The average Bonchev–Trinajstić information content (AvgIpc) is 2.66. The molecule has 0 aliphatic rings. The lowest BCUT2D eigenvalue weighted by molar-refractivity contribution is 0.669. The lowest BCUT2D eigenvalue weighted by Crippen LogP contribution is -2.03. The molecule has 0 saturated carbocycles. The monoisotopic (exact) mass is 236 g/mol. The molecule has 16 heavy (non-hydrogen) atoms. The number of aromatic amines is 1. The highest BCUT2D eigenvalue weighted by atomic mass is 32.1. The molecule has 0 bridgehead atoms. The van der Waals surface area contributed by atoms with Gasteiger partial charge in [-0.05, 0) is 18.6 Å². The van der Waals surface area contributed by atoms with Gasteiger partial charge in [-0.2, -0.15) is 0 Å². The summed E-state index contributed by atoms with van der Waals surface area (Å²) in [7, 11) is 0. The van der Waals surface area contributed by atoms with Crippen LogP contribution in [0.4, 0.5) is 0 Å². The molecule has 0 saturated heterocycles. The fraction of sp³-hybridized carbons (Fsp3) is 0.545. The number of fused-ring (bicyclic) bond motifs is 1. The molecule has 2 aromatic heterocycles. The fourth-order valence-corrected chi connectivity index (χ4v) is 1.90. The van der Waals surface area contributed by atoms with E-state index in [2.05, 4.69) is 35.7 Å². The van der Waals surface area contributed by atoms with Crippen molar-refractivity contribution < 1.29 is 0 Å². The zero-order valence-corrected chi connectivity index (χ0v) is 10.6. The van der Waals surface area contributed by atoms with Crippen LogP contribution in [0.25, 0.3) is 11.2 Å². The van der Waals surface area contributed by atoms with E-state index in [4.69, 9.17) is 12.2 Å². The van der Waals surface area contributed by atoms with E-state index in [1.807, 2.05) is 4.57 Å². The molecule has 5 heteroatoms. The van der Waals surface area contributed by atoms with Gasteiger partial charge in [0.25, 0.3) is 0 Å². The first-order valence-corrected chi connectivity index (χ1v) is 5.99. The summed E-state index contributed by atoms with van der Waals surface area (Å²) >= 11 is 5.22. The molecule has 86 valence electrons. The number of imidazole rings is 1. The molecule has 2 aromatic rings. The molecule has 2 heterocycles. The van der Waals surface area contributed by atoms with Gasteiger partial charge in [-0.3, -0.25) is 4.57 Å². The molecule has 1 N–H and O–H groups in total. The summed E-state index contributed by atoms with van der Waals surface area (Å²) in [5, 5.41) is 0. The van der Waals surface area contributed by atoms with Gasteiger partial charge in [0.1, 0.15) is 11.3 Å². The van der Waals surface area contributed by atoms with E-state index in [0.717, 1.165) is 30.0 Å². The molecule has 2 rings (SSSR count). The van der Waals surface area contributed by atoms with Crippen molar-refractivity contribution >= 4 is 23.4 Å². The third-order valence-electron chi connectivity index (χ3n) is 2.51. The van der Waals surface area contributed by atoms with Crippen molar-refractivity contribution in [1.29, 1.82) is 0 Å². The number of aromatic nitrogens is 4. The van der Waals surface area contributed by atoms with E-state index in [0.29, 0.717) is 10.7 Å². The van der Waals surface area contributed by atoms with Gasteiger partial charge in [-0.25, -0.2) is 9.97 Å². The van der Waals surface area contributed by atoms with Gasteiger partial charge in [-0.15, -0.1) is 0 Å². The van der Waals surface area contributed by atoms with E-state index in [1.165, 1.54) is 0 Å². The van der Waals surface area contributed by atoms with E-state index >= 15 is 0 Å². The Bertz CT molecular complexity index is 553. The predicted molar refractivity (Wildman–Crippen MR) is 67.1 cm³/mol. The SMILES string of the molecule is CCCn1c(=S)ncc2[nH]c(C(C)C)nc21. The molecule has 0 radical (unpaired) electrons. The molecule has 0 aromatic carbocycles. The van der Waals surface area contributed by atoms with Crippen LogP contribution in [-0.2, 0) is 6.54 Å². The second-order valence-electron chi connectivity index (χ2n) is 4.21. The molecular formula is C11H16N4S. The molecule has 0 aliphatic carbocycles. The fourth-order valence-electron chi connectivity index (χ4n) is 1.67. The lowest BCUT2D eigenvalue weighted by Gasteiger charge is -2.04. The Morgan fingerprint density at radius 2 is 2.25 bits per heavy atom. The number of rotatable bonds is 3. The van der Waals surface area contributed by atoms with Gasteiger partial charge < -0.3 is 4.98 Å². The number of hydrogen-bond donors (Lipinski definition) is 1. The standard InChI is InChI=1S/C11H16N4S/c1-4-5-15-10-8(6-12-11(15)16)13-9(14-10)7(2)3/h6-7H,4-5H2,1-3H3,(H,13,14). The van der Waals surface area contributed by atoms with Crippen LogP contribution < -0.4 is 0 Å². The maximum atomic E-state index is 5.22. The Kier molecular flexibility index (Phi) is 3.05. The second-order valence-corrected chi connectivity index (χ2v) is 4.57. The molecular weight excluding hydrogens is 220 g/mol. The van der Waals surface area contributed by atoms with Gasteiger partial charge in [0.2, 0.25) is 4.77 Å². The van der Waals surface area contributed by atoms with Crippen LogP contribution in [0.3, 0.4) is 0 Å². The first kappa shape index (κ1) is 11.3. The molecule has 0 atom stereocenters. The summed E-state index contributed by atoms with van der Waals surface area (Å²) in [5.41, 5.74) is 1.89. The summed E-state index contributed by atoms with van der Waals surface area (Å²) in [5.74, 6) is 1.37. The Labute approximate surface area is 99.7 Å². The van der Waals surface area contributed by atoms with E-state index in [-0.39, 0.29) is 0 Å². The van der Waals surface area contributed by atoms with Crippen LogP contribution in [0.1, 0.15) is 38.9 Å². The van der Waals surface area contributed by atoms with Crippen LogP contribution in [0.2, 0.25) is 0 Å². The molecule has 4 nitrogen and oxygen atoms in total. The summed E-state index contributed by atoms with van der Waals surface area (Å²) in [6.07, 6.45) is 2.79. The van der Waals surface area contributed by atoms with Gasteiger partial charge in [0, 0.05) is 12.5 Å². The van der Waals surface area contributed by atoms with Crippen molar-refractivity contribution in [3.05, 3.63) is 16.8 Å².